The minimum Gasteiger partial charge on any atom is -0.354 e. The van der Waals surface area contributed by atoms with Crippen LogP contribution < -0.4 is 10.2 Å². The van der Waals surface area contributed by atoms with Crippen LogP contribution in [-0.2, 0) is 0 Å². The summed E-state index contributed by atoms with van der Waals surface area (Å²) in [4.78, 5) is 22.4. The average Bonchev–Trinajstić information content (AvgIpc) is 2.48. The van der Waals surface area contributed by atoms with Crippen LogP contribution in [0.1, 0.15) is 17.3 Å². The molecule has 0 fully saturated rings. The number of rotatable bonds is 2. The molecule has 1 aromatic heterocycles. The fraction of sp³-hybridized carbons (Fsp3) is 0.500. The van der Waals surface area contributed by atoms with Crippen molar-refractivity contribution in [2.24, 2.45) is 0 Å². The second-order valence-corrected chi connectivity index (χ2v) is 4.20. The third-order valence-corrected chi connectivity index (χ3v) is 3.08. The van der Waals surface area contributed by atoms with Gasteiger partial charge >= 0.3 is 0 Å². The molecule has 0 saturated heterocycles. The molecule has 6 heteroatoms. The molecular formula is C10H14N4OS. The van der Waals surface area contributed by atoms with Crippen molar-refractivity contribution in [3.63, 3.8) is 0 Å². The van der Waals surface area contributed by atoms with Gasteiger partial charge in [-0.15, -0.1) is 0 Å². The lowest BCUT2D eigenvalue weighted by molar-refractivity contribution is 0.0957. The van der Waals surface area contributed by atoms with E-state index < -0.39 is 0 Å². The van der Waals surface area contributed by atoms with Crippen molar-refractivity contribution in [3.8, 4) is 0 Å². The lowest BCUT2D eigenvalue weighted by atomic mass is 10.3. The molecule has 1 aliphatic heterocycles. The van der Waals surface area contributed by atoms with Crippen molar-refractivity contribution in [1.82, 2.24) is 15.3 Å². The number of thioether (sulfide) groups is 1. The Kier molecular flexibility index (Phi) is 3.28. The molecule has 86 valence electrons. The number of aromatic nitrogens is 2. The van der Waals surface area contributed by atoms with E-state index in [1.165, 1.54) is 11.8 Å². The number of nitrogens with one attached hydrogen (secondary N) is 1. The van der Waals surface area contributed by atoms with Crippen molar-refractivity contribution >= 4 is 23.5 Å². The topological polar surface area (TPSA) is 58.1 Å². The van der Waals surface area contributed by atoms with Gasteiger partial charge < -0.3 is 10.2 Å². The molecule has 0 radical (unpaired) electrons. The molecule has 2 rings (SSSR count). The van der Waals surface area contributed by atoms with Crippen molar-refractivity contribution in [2.45, 2.75) is 12.1 Å². The summed E-state index contributed by atoms with van der Waals surface area (Å²) < 4.78 is 0. The number of likely N-dealkylation sites (N-methyl/N-ethyl adjacent to an activating group) is 1. The number of fused-ring (bicyclic) bond motifs is 1. The molecule has 0 aromatic carbocycles. The third kappa shape index (κ3) is 1.97. The number of amides is 1. The third-order valence-electron chi connectivity index (χ3n) is 2.52. The second-order valence-electron chi connectivity index (χ2n) is 3.43. The summed E-state index contributed by atoms with van der Waals surface area (Å²) in [7, 11) is 0. The summed E-state index contributed by atoms with van der Waals surface area (Å²) in [6.45, 7) is 4.34. The molecular weight excluding hydrogens is 224 g/mol. The highest BCUT2D eigenvalue weighted by molar-refractivity contribution is 7.98. The minimum absolute atomic E-state index is 0.0846. The summed E-state index contributed by atoms with van der Waals surface area (Å²) in [6, 6.07) is 0. The predicted molar refractivity (Wildman–Crippen MR) is 64.0 cm³/mol. The van der Waals surface area contributed by atoms with Gasteiger partial charge in [0.15, 0.2) is 5.16 Å². The van der Waals surface area contributed by atoms with E-state index in [1.54, 1.807) is 6.20 Å². The Labute approximate surface area is 98.6 Å². The predicted octanol–water partition coefficient (Wildman–Crippen LogP) is 0.768. The van der Waals surface area contributed by atoms with Gasteiger partial charge in [-0.05, 0) is 13.2 Å². The van der Waals surface area contributed by atoms with Crippen LogP contribution in [0.2, 0.25) is 0 Å². The maximum atomic E-state index is 11.7. The smallest absolute Gasteiger partial charge is 0.256 e. The quantitative estimate of drug-likeness (QED) is 0.609. The van der Waals surface area contributed by atoms with Gasteiger partial charge in [0.25, 0.3) is 5.91 Å². The summed E-state index contributed by atoms with van der Waals surface area (Å²) in [5, 5.41) is 3.54. The van der Waals surface area contributed by atoms with E-state index in [1.807, 2.05) is 6.26 Å². The number of hydrogen-bond donors (Lipinski definition) is 1. The normalized spacial score (nSPS) is 15.4. The fourth-order valence-electron chi connectivity index (χ4n) is 1.67. The largest absolute Gasteiger partial charge is 0.354 e. The van der Waals surface area contributed by atoms with Crippen LogP contribution in [0.4, 0.5) is 5.82 Å². The summed E-state index contributed by atoms with van der Waals surface area (Å²) in [5.74, 6) is 0.662. The molecule has 0 spiro atoms. The van der Waals surface area contributed by atoms with Crippen LogP contribution in [0, 0.1) is 0 Å². The van der Waals surface area contributed by atoms with Crippen molar-refractivity contribution in [3.05, 3.63) is 11.8 Å². The van der Waals surface area contributed by atoms with Gasteiger partial charge in [0.1, 0.15) is 11.4 Å². The Hall–Kier alpha value is -1.30. The van der Waals surface area contributed by atoms with Gasteiger partial charge in [0, 0.05) is 25.8 Å². The zero-order valence-electron chi connectivity index (χ0n) is 9.36. The molecule has 16 heavy (non-hydrogen) atoms. The number of nitrogens with zero attached hydrogens (tertiary/aromatic N) is 3. The molecule has 0 bridgehead atoms. The fourth-order valence-corrected chi connectivity index (χ4v) is 2.01. The monoisotopic (exact) mass is 238 g/mol. The highest BCUT2D eigenvalue weighted by Crippen LogP contribution is 2.21. The number of carbonyl (C=O) groups excluding carboxylic acids is 1. The molecule has 1 amide bonds. The SMILES string of the molecule is CCN1CCNC(=O)c2cnc(SC)nc21. The Morgan fingerprint density at radius 1 is 1.62 bits per heavy atom. The average molecular weight is 238 g/mol. The maximum absolute atomic E-state index is 11.7. The van der Waals surface area contributed by atoms with Gasteiger partial charge in [-0.25, -0.2) is 9.97 Å². The van der Waals surface area contributed by atoms with Crippen molar-refractivity contribution < 1.29 is 4.79 Å². The van der Waals surface area contributed by atoms with E-state index in [2.05, 4.69) is 27.1 Å². The van der Waals surface area contributed by atoms with E-state index in [4.69, 9.17) is 0 Å². The van der Waals surface area contributed by atoms with Gasteiger partial charge in [-0.3, -0.25) is 4.79 Å². The Balaban J connectivity index is 2.49. The van der Waals surface area contributed by atoms with Crippen molar-refractivity contribution in [1.29, 1.82) is 0 Å². The van der Waals surface area contributed by atoms with Crippen LogP contribution in [0.5, 0.6) is 0 Å². The first-order valence-electron chi connectivity index (χ1n) is 5.20. The number of hydrogen-bond acceptors (Lipinski definition) is 5. The minimum atomic E-state index is -0.0846. The van der Waals surface area contributed by atoms with Crippen LogP contribution in [0.25, 0.3) is 0 Å². The zero-order chi connectivity index (χ0) is 11.5. The first-order chi connectivity index (χ1) is 7.76. The second kappa shape index (κ2) is 4.69. The van der Waals surface area contributed by atoms with E-state index in [-0.39, 0.29) is 5.91 Å². The van der Waals surface area contributed by atoms with Crippen LogP contribution in [0.3, 0.4) is 0 Å². The van der Waals surface area contributed by atoms with Gasteiger partial charge in [0.2, 0.25) is 0 Å². The molecule has 2 heterocycles. The maximum Gasteiger partial charge on any atom is 0.256 e. The molecule has 0 unspecified atom stereocenters. The lowest BCUT2D eigenvalue weighted by Crippen LogP contribution is -2.30. The van der Waals surface area contributed by atoms with E-state index >= 15 is 0 Å². The Morgan fingerprint density at radius 3 is 3.12 bits per heavy atom. The van der Waals surface area contributed by atoms with Crippen LogP contribution >= 0.6 is 11.8 Å². The van der Waals surface area contributed by atoms with Gasteiger partial charge in [-0.2, -0.15) is 0 Å². The Bertz CT molecular complexity index is 410. The zero-order valence-corrected chi connectivity index (χ0v) is 10.2. The summed E-state index contributed by atoms with van der Waals surface area (Å²) in [6.07, 6.45) is 3.53. The number of anilines is 1. The highest BCUT2D eigenvalue weighted by atomic mass is 32.2. The molecule has 0 atom stereocenters. The van der Waals surface area contributed by atoms with Crippen LogP contribution in [0.15, 0.2) is 11.4 Å². The van der Waals surface area contributed by atoms with Crippen molar-refractivity contribution in [2.75, 3.05) is 30.8 Å². The Morgan fingerprint density at radius 2 is 2.44 bits per heavy atom. The molecule has 1 aromatic rings. The summed E-state index contributed by atoms with van der Waals surface area (Å²) >= 11 is 1.48. The van der Waals surface area contributed by atoms with E-state index in [0.717, 1.165) is 18.9 Å². The molecule has 1 N–H and O–H groups in total. The lowest BCUT2D eigenvalue weighted by Gasteiger charge is -2.20. The van der Waals surface area contributed by atoms with Crippen LogP contribution in [-0.4, -0.2) is 41.8 Å². The number of carbonyl (C=O) groups is 1. The van der Waals surface area contributed by atoms with E-state index in [9.17, 15) is 4.79 Å². The van der Waals surface area contributed by atoms with E-state index in [0.29, 0.717) is 17.3 Å². The standard InChI is InChI=1S/C10H14N4OS/c1-3-14-5-4-11-9(15)7-6-12-10(16-2)13-8(7)14/h6H,3-5H2,1-2H3,(H,11,15). The first-order valence-corrected chi connectivity index (χ1v) is 6.43. The highest BCUT2D eigenvalue weighted by Gasteiger charge is 2.21. The van der Waals surface area contributed by atoms with Gasteiger partial charge in [0.05, 0.1) is 0 Å². The molecule has 1 aliphatic rings. The first kappa shape index (κ1) is 11.2. The molecule has 0 saturated carbocycles. The van der Waals surface area contributed by atoms with Gasteiger partial charge in [-0.1, -0.05) is 11.8 Å². The molecule has 0 aliphatic carbocycles. The summed E-state index contributed by atoms with van der Waals surface area (Å²) in [5.41, 5.74) is 0.567. The molecule has 5 nitrogen and oxygen atoms in total.